The Bertz CT molecular complexity index is 554. The fourth-order valence-electron chi connectivity index (χ4n) is 1.63. The standard InChI is InChI=1S/C14H17NO6/c1-8(16)20-12-5-4-10(7-13(12)19-3)6-11(15)14(18)21-9(2)17/h4-5,7,11H,6,15H2,1-3H3/t11-/m0/s1. The molecule has 21 heavy (non-hydrogen) atoms. The molecule has 0 aliphatic heterocycles. The molecule has 0 spiro atoms. The fourth-order valence-corrected chi connectivity index (χ4v) is 1.63. The molecular weight excluding hydrogens is 278 g/mol. The molecule has 0 unspecified atom stereocenters. The van der Waals surface area contributed by atoms with E-state index in [1.807, 2.05) is 0 Å². The quantitative estimate of drug-likeness (QED) is 0.481. The first-order valence-electron chi connectivity index (χ1n) is 6.16. The predicted molar refractivity (Wildman–Crippen MR) is 72.8 cm³/mol. The molecule has 1 rings (SSSR count). The number of hydrogen-bond donors (Lipinski definition) is 1. The zero-order valence-corrected chi connectivity index (χ0v) is 12.0. The summed E-state index contributed by atoms with van der Waals surface area (Å²) in [6.07, 6.45) is 0.156. The summed E-state index contributed by atoms with van der Waals surface area (Å²) in [5.74, 6) is -1.37. The maximum Gasteiger partial charge on any atom is 0.330 e. The van der Waals surface area contributed by atoms with E-state index in [0.29, 0.717) is 11.3 Å². The molecule has 0 heterocycles. The normalized spacial score (nSPS) is 11.4. The van der Waals surface area contributed by atoms with Crippen LogP contribution in [0.15, 0.2) is 18.2 Å². The Morgan fingerprint density at radius 3 is 2.33 bits per heavy atom. The van der Waals surface area contributed by atoms with Gasteiger partial charge in [0.25, 0.3) is 0 Å². The Labute approximate surface area is 122 Å². The summed E-state index contributed by atoms with van der Waals surface area (Å²) in [5.41, 5.74) is 6.33. The van der Waals surface area contributed by atoms with Gasteiger partial charge in [-0.1, -0.05) is 6.07 Å². The molecule has 114 valence electrons. The largest absolute Gasteiger partial charge is 0.493 e. The summed E-state index contributed by atoms with van der Waals surface area (Å²) in [7, 11) is 1.43. The lowest BCUT2D eigenvalue weighted by atomic mass is 10.1. The first kappa shape index (κ1) is 16.6. The van der Waals surface area contributed by atoms with Crippen molar-refractivity contribution >= 4 is 17.9 Å². The van der Waals surface area contributed by atoms with Crippen LogP contribution in [0.2, 0.25) is 0 Å². The van der Waals surface area contributed by atoms with E-state index < -0.39 is 23.9 Å². The number of methoxy groups -OCH3 is 1. The van der Waals surface area contributed by atoms with Gasteiger partial charge in [0.15, 0.2) is 11.5 Å². The number of hydrogen-bond acceptors (Lipinski definition) is 7. The molecule has 0 aliphatic carbocycles. The van der Waals surface area contributed by atoms with E-state index in [2.05, 4.69) is 4.74 Å². The molecular formula is C14H17NO6. The average molecular weight is 295 g/mol. The summed E-state index contributed by atoms with van der Waals surface area (Å²) >= 11 is 0. The second kappa shape index (κ2) is 7.39. The minimum Gasteiger partial charge on any atom is -0.493 e. The van der Waals surface area contributed by atoms with E-state index >= 15 is 0 Å². The second-order valence-electron chi connectivity index (χ2n) is 4.30. The van der Waals surface area contributed by atoms with Gasteiger partial charge in [-0.05, 0) is 24.1 Å². The lowest BCUT2D eigenvalue weighted by molar-refractivity contribution is -0.159. The van der Waals surface area contributed by atoms with Gasteiger partial charge < -0.3 is 19.9 Å². The van der Waals surface area contributed by atoms with Crippen LogP contribution in [0.1, 0.15) is 19.4 Å². The van der Waals surface area contributed by atoms with E-state index in [-0.39, 0.29) is 12.2 Å². The number of ether oxygens (including phenoxy) is 3. The Morgan fingerprint density at radius 1 is 1.14 bits per heavy atom. The van der Waals surface area contributed by atoms with Gasteiger partial charge in [0.05, 0.1) is 7.11 Å². The lowest BCUT2D eigenvalue weighted by Crippen LogP contribution is -2.35. The third-order valence-electron chi connectivity index (χ3n) is 2.48. The third-order valence-corrected chi connectivity index (χ3v) is 2.48. The monoisotopic (exact) mass is 295 g/mol. The average Bonchev–Trinajstić information content (AvgIpc) is 2.39. The summed E-state index contributed by atoms with van der Waals surface area (Å²) < 4.78 is 14.5. The van der Waals surface area contributed by atoms with Crippen molar-refractivity contribution < 1.29 is 28.6 Å². The van der Waals surface area contributed by atoms with Crippen molar-refractivity contribution in [2.75, 3.05) is 7.11 Å². The highest BCUT2D eigenvalue weighted by molar-refractivity contribution is 5.87. The van der Waals surface area contributed by atoms with Crippen molar-refractivity contribution in [3.05, 3.63) is 23.8 Å². The summed E-state index contributed by atoms with van der Waals surface area (Å²) in [6, 6.07) is 3.80. The number of esters is 3. The first-order valence-corrected chi connectivity index (χ1v) is 6.16. The van der Waals surface area contributed by atoms with Crippen LogP contribution in [0.25, 0.3) is 0 Å². The number of carbonyl (C=O) groups excluding carboxylic acids is 3. The molecule has 7 nitrogen and oxygen atoms in total. The predicted octanol–water partition coefficient (Wildman–Crippen LogP) is 0.580. The number of nitrogens with two attached hydrogens (primary N) is 1. The summed E-state index contributed by atoms with van der Waals surface area (Å²) in [6.45, 7) is 2.41. The van der Waals surface area contributed by atoms with Crippen molar-refractivity contribution in [3.63, 3.8) is 0 Å². The Hall–Kier alpha value is -2.41. The van der Waals surface area contributed by atoms with Crippen LogP contribution >= 0.6 is 0 Å². The molecule has 0 saturated carbocycles. The van der Waals surface area contributed by atoms with Crippen LogP contribution in [0.5, 0.6) is 11.5 Å². The lowest BCUT2D eigenvalue weighted by Gasteiger charge is -2.12. The van der Waals surface area contributed by atoms with Gasteiger partial charge >= 0.3 is 17.9 Å². The molecule has 1 aromatic carbocycles. The molecule has 1 atom stereocenters. The highest BCUT2D eigenvalue weighted by Gasteiger charge is 2.18. The Morgan fingerprint density at radius 2 is 1.81 bits per heavy atom. The van der Waals surface area contributed by atoms with Gasteiger partial charge in [0, 0.05) is 13.8 Å². The molecule has 0 saturated heterocycles. The van der Waals surface area contributed by atoms with E-state index in [4.69, 9.17) is 15.2 Å². The van der Waals surface area contributed by atoms with E-state index in [9.17, 15) is 14.4 Å². The van der Waals surface area contributed by atoms with Crippen LogP contribution in [0.4, 0.5) is 0 Å². The van der Waals surface area contributed by atoms with Gasteiger partial charge in [-0.15, -0.1) is 0 Å². The smallest absolute Gasteiger partial charge is 0.330 e. The fraction of sp³-hybridized carbons (Fsp3) is 0.357. The number of rotatable bonds is 5. The van der Waals surface area contributed by atoms with Crippen LogP contribution in [0, 0.1) is 0 Å². The third kappa shape index (κ3) is 5.23. The van der Waals surface area contributed by atoms with Crippen molar-refractivity contribution in [2.24, 2.45) is 5.73 Å². The van der Waals surface area contributed by atoms with Crippen molar-refractivity contribution in [2.45, 2.75) is 26.3 Å². The maximum atomic E-state index is 11.5. The van der Waals surface area contributed by atoms with Crippen molar-refractivity contribution in [1.29, 1.82) is 0 Å². The number of benzene rings is 1. The Balaban J connectivity index is 2.82. The number of carbonyl (C=O) groups is 3. The molecule has 0 bridgehead atoms. The molecule has 7 heteroatoms. The van der Waals surface area contributed by atoms with Gasteiger partial charge in [0.2, 0.25) is 0 Å². The Kier molecular flexibility index (Phi) is 5.86. The van der Waals surface area contributed by atoms with Crippen LogP contribution < -0.4 is 15.2 Å². The molecule has 1 aromatic rings. The van der Waals surface area contributed by atoms with Crippen LogP contribution in [-0.4, -0.2) is 31.1 Å². The zero-order chi connectivity index (χ0) is 16.0. The maximum absolute atomic E-state index is 11.5. The van der Waals surface area contributed by atoms with E-state index in [0.717, 1.165) is 6.92 Å². The molecule has 0 radical (unpaired) electrons. The van der Waals surface area contributed by atoms with Crippen molar-refractivity contribution in [3.8, 4) is 11.5 Å². The first-order chi connectivity index (χ1) is 9.83. The zero-order valence-electron chi connectivity index (χ0n) is 12.0. The highest BCUT2D eigenvalue weighted by atomic mass is 16.6. The van der Waals surface area contributed by atoms with Crippen molar-refractivity contribution in [1.82, 2.24) is 0 Å². The topological polar surface area (TPSA) is 105 Å². The van der Waals surface area contributed by atoms with E-state index in [1.165, 1.54) is 14.0 Å². The van der Waals surface area contributed by atoms with Gasteiger partial charge in [-0.2, -0.15) is 0 Å². The summed E-state index contributed by atoms with van der Waals surface area (Å²) in [5, 5.41) is 0. The molecule has 2 N–H and O–H groups in total. The molecule has 0 amide bonds. The minimum absolute atomic E-state index is 0.156. The molecule has 0 aromatic heterocycles. The van der Waals surface area contributed by atoms with Crippen LogP contribution in [-0.2, 0) is 25.5 Å². The summed E-state index contributed by atoms with van der Waals surface area (Å²) in [4.78, 5) is 33.1. The van der Waals surface area contributed by atoms with Gasteiger partial charge in [0.1, 0.15) is 6.04 Å². The van der Waals surface area contributed by atoms with Crippen LogP contribution in [0.3, 0.4) is 0 Å². The highest BCUT2D eigenvalue weighted by Crippen LogP contribution is 2.28. The van der Waals surface area contributed by atoms with Gasteiger partial charge in [-0.3, -0.25) is 9.59 Å². The molecule has 0 fully saturated rings. The SMILES string of the molecule is COc1cc(C[C@H](N)C(=O)OC(C)=O)ccc1OC(C)=O. The minimum atomic E-state index is -0.974. The second-order valence-corrected chi connectivity index (χ2v) is 4.30. The van der Waals surface area contributed by atoms with Gasteiger partial charge in [-0.25, -0.2) is 4.79 Å². The van der Waals surface area contributed by atoms with E-state index in [1.54, 1.807) is 18.2 Å². The molecule has 0 aliphatic rings.